The molecule has 0 saturated heterocycles. The van der Waals surface area contributed by atoms with Gasteiger partial charge in [-0.15, -0.1) is 0 Å². The van der Waals surface area contributed by atoms with Gasteiger partial charge < -0.3 is 28.4 Å². The Morgan fingerprint density at radius 3 is 1.05 bits per heavy atom. The molecule has 396 valence electrons. The van der Waals surface area contributed by atoms with Gasteiger partial charge in [-0.2, -0.15) is 0 Å². The van der Waals surface area contributed by atoms with Gasteiger partial charge in [0.25, 0.3) is 0 Å². The van der Waals surface area contributed by atoms with Crippen LogP contribution in [0.4, 0.5) is 0 Å². The van der Waals surface area contributed by atoms with Crippen LogP contribution in [0.2, 0.25) is 0 Å². The molecule has 0 rings (SSSR count). The van der Waals surface area contributed by atoms with Crippen molar-refractivity contribution in [3.05, 3.63) is 0 Å². The summed E-state index contributed by atoms with van der Waals surface area (Å²) in [5.41, 5.74) is -1.26. The van der Waals surface area contributed by atoms with Crippen molar-refractivity contribution in [2.24, 2.45) is 39.4 Å². The monoisotopic (exact) mass is 949 g/mol. The Bertz CT molecular complexity index is 1220. The molecule has 0 radical (unpaired) electrons. The van der Waals surface area contributed by atoms with E-state index >= 15 is 0 Å². The molecular weight excluding hydrogens is 841 g/mol. The number of unbranched alkanes of at least 4 members (excludes halogenated alkanes) is 3. The minimum absolute atomic E-state index is 0.0510. The molecule has 0 bridgehead atoms. The maximum absolute atomic E-state index is 11.8. The first-order valence-electron chi connectivity index (χ1n) is 25.4. The van der Waals surface area contributed by atoms with Gasteiger partial charge in [-0.3, -0.25) is 28.8 Å². The van der Waals surface area contributed by atoms with Crippen LogP contribution >= 0.6 is 0 Å². The number of carbonyl (C=O) groups excluding carboxylic acids is 6. The highest BCUT2D eigenvalue weighted by molar-refractivity contribution is 5.77. The van der Waals surface area contributed by atoms with Crippen LogP contribution in [0.15, 0.2) is 0 Å². The van der Waals surface area contributed by atoms with Gasteiger partial charge in [0.2, 0.25) is 0 Å². The van der Waals surface area contributed by atoms with E-state index in [1.165, 1.54) is 33.5 Å². The molecule has 12 nitrogen and oxygen atoms in total. The zero-order chi connectivity index (χ0) is 53.2. The number of esters is 6. The lowest BCUT2D eigenvalue weighted by atomic mass is 9.90. The lowest BCUT2D eigenvalue weighted by molar-refractivity contribution is -0.156. The smallest absolute Gasteiger partial charge is 0.311 e. The number of hydrogen-bond donors (Lipinski definition) is 0. The number of hydrogen-bond acceptors (Lipinski definition) is 12. The summed E-state index contributed by atoms with van der Waals surface area (Å²) in [6.07, 6.45) is 13.8. The van der Waals surface area contributed by atoms with Crippen molar-refractivity contribution in [1.82, 2.24) is 0 Å². The maximum Gasteiger partial charge on any atom is 0.311 e. The summed E-state index contributed by atoms with van der Waals surface area (Å²) in [5.74, 6) is 0.128. The van der Waals surface area contributed by atoms with Crippen LogP contribution in [0.1, 0.15) is 235 Å². The fourth-order valence-corrected chi connectivity index (χ4v) is 3.97. The van der Waals surface area contributed by atoms with Crippen molar-refractivity contribution in [2.75, 3.05) is 40.6 Å². The molecule has 66 heavy (non-hydrogen) atoms. The van der Waals surface area contributed by atoms with Gasteiger partial charge >= 0.3 is 35.8 Å². The van der Waals surface area contributed by atoms with Crippen LogP contribution < -0.4 is 0 Å². The maximum atomic E-state index is 11.8. The topological polar surface area (TPSA) is 158 Å². The molecule has 0 saturated carbocycles. The second-order valence-electron chi connectivity index (χ2n) is 19.3. The van der Waals surface area contributed by atoms with Crippen LogP contribution in [-0.2, 0) is 57.2 Å². The Balaban J connectivity index is -0.000000166. The molecule has 0 N–H and O–H groups in total. The summed E-state index contributed by atoms with van der Waals surface area (Å²) >= 11 is 0. The van der Waals surface area contributed by atoms with Crippen molar-refractivity contribution in [3.63, 3.8) is 0 Å². The zero-order valence-corrected chi connectivity index (χ0v) is 47.4. The lowest BCUT2D eigenvalue weighted by Crippen LogP contribution is -2.27. The van der Waals surface area contributed by atoms with Crippen molar-refractivity contribution in [1.29, 1.82) is 0 Å². The minimum atomic E-state index is -0.330. The summed E-state index contributed by atoms with van der Waals surface area (Å²) in [7, 11) is 2.83. The lowest BCUT2D eigenvalue weighted by Gasteiger charge is -2.22. The Kier molecular flexibility index (Phi) is 50.0. The van der Waals surface area contributed by atoms with E-state index in [0.717, 1.165) is 70.6 Å². The molecule has 0 aliphatic heterocycles. The molecule has 0 fully saturated rings. The SMILES string of the molecule is CCC(C)(C)C(=O)OC.CCC(C)C(=O)OC.CCCCC(CC)COC(=O)C(C)(C)CC.CCCCOC(=O)C(C)(C)CC.CCCCOC(=O)C(C)CC.CCOC(=O)C(C)(C)CC. The fraction of sp³-hybridized carbons (Fsp3) is 0.889. The van der Waals surface area contributed by atoms with Gasteiger partial charge in [-0.1, -0.05) is 115 Å². The summed E-state index contributed by atoms with van der Waals surface area (Å²) in [4.78, 5) is 66.6. The number of carbonyl (C=O) groups is 6. The average molecular weight is 949 g/mol. The Labute approximate surface area is 407 Å². The first kappa shape index (κ1) is 74.4. The van der Waals surface area contributed by atoms with Crippen molar-refractivity contribution in [2.45, 2.75) is 235 Å². The zero-order valence-electron chi connectivity index (χ0n) is 47.4. The average Bonchev–Trinajstić information content (AvgIpc) is 3.31. The van der Waals surface area contributed by atoms with E-state index in [1.807, 2.05) is 118 Å². The Morgan fingerprint density at radius 1 is 0.409 bits per heavy atom. The molecule has 0 aromatic heterocycles. The van der Waals surface area contributed by atoms with Gasteiger partial charge in [0.1, 0.15) is 0 Å². The van der Waals surface area contributed by atoms with E-state index in [0.29, 0.717) is 32.3 Å². The van der Waals surface area contributed by atoms with E-state index in [2.05, 4.69) is 37.2 Å². The highest BCUT2D eigenvalue weighted by Crippen LogP contribution is 2.24. The van der Waals surface area contributed by atoms with E-state index < -0.39 is 0 Å². The third kappa shape index (κ3) is 41.0. The predicted molar refractivity (Wildman–Crippen MR) is 272 cm³/mol. The van der Waals surface area contributed by atoms with E-state index in [1.54, 1.807) is 0 Å². The standard InChI is InChI=1S/C14H28O2.C10H20O2.C9H18O2.C8H16O2.C7H14O2.C6H12O2/c1-6-9-10-12(7-2)11-16-13(15)14(4,5)8-3;1-5-7-8-12-9(11)10(3,4)6-2;1-4-6-7-11-9(10)8(3)5-2;1-5-8(3,4)7(9)10-6-2;1-5-7(2,3)6(8)9-4;1-4-5(2)6(7)8-3/h12H,6-11H2,1-5H3;5-8H2,1-4H3;8H,4-7H2,1-3H3;5-6H2,1-4H3;5H2,1-4H3;5H,4H2,1-3H3. The summed E-state index contributed by atoms with van der Waals surface area (Å²) in [6, 6.07) is 0. The Morgan fingerprint density at radius 2 is 0.758 bits per heavy atom. The van der Waals surface area contributed by atoms with Gasteiger partial charge in [0.15, 0.2) is 0 Å². The van der Waals surface area contributed by atoms with Gasteiger partial charge in [-0.25, -0.2) is 0 Å². The summed E-state index contributed by atoms with van der Waals surface area (Å²) in [6.45, 7) is 43.5. The first-order valence-corrected chi connectivity index (χ1v) is 25.4. The predicted octanol–water partition coefficient (Wildman–Crippen LogP) is 14.1. The highest BCUT2D eigenvalue weighted by atomic mass is 16.5. The van der Waals surface area contributed by atoms with Crippen LogP contribution in [0.25, 0.3) is 0 Å². The van der Waals surface area contributed by atoms with Gasteiger partial charge in [-0.05, 0) is 126 Å². The number of methoxy groups -OCH3 is 2. The van der Waals surface area contributed by atoms with Crippen molar-refractivity contribution in [3.8, 4) is 0 Å². The first-order chi connectivity index (χ1) is 30.5. The summed E-state index contributed by atoms with van der Waals surface area (Å²) < 4.78 is 29.4. The summed E-state index contributed by atoms with van der Waals surface area (Å²) in [5, 5.41) is 0. The molecule has 0 spiro atoms. The van der Waals surface area contributed by atoms with Crippen molar-refractivity contribution >= 4 is 35.8 Å². The van der Waals surface area contributed by atoms with Crippen LogP contribution in [0, 0.1) is 39.4 Å². The third-order valence-electron chi connectivity index (χ3n) is 11.9. The van der Waals surface area contributed by atoms with E-state index in [9.17, 15) is 28.8 Å². The fourth-order valence-electron chi connectivity index (χ4n) is 3.97. The third-order valence-corrected chi connectivity index (χ3v) is 11.9. The quantitative estimate of drug-likeness (QED) is 0.0485. The molecule has 3 unspecified atom stereocenters. The van der Waals surface area contributed by atoms with Gasteiger partial charge in [0, 0.05) is 0 Å². The second-order valence-corrected chi connectivity index (χ2v) is 19.3. The molecule has 12 heteroatoms. The minimum Gasteiger partial charge on any atom is -0.469 e. The highest BCUT2D eigenvalue weighted by Gasteiger charge is 2.29. The van der Waals surface area contributed by atoms with Crippen molar-refractivity contribution < 1.29 is 57.2 Å². The van der Waals surface area contributed by atoms with E-state index in [4.69, 9.17) is 18.9 Å². The molecular formula is C54H108O12. The van der Waals surface area contributed by atoms with Gasteiger partial charge in [0.05, 0.1) is 74.1 Å². The van der Waals surface area contributed by atoms with E-state index in [-0.39, 0.29) is 69.3 Å². The van der Waals surface area contributed by atoms with Crippen LogP contribution in [0.3, 0.4) is 0 Å². The van der Waals surface area contributed by atoms with Crippen LogP contribution in [-0.4, -0.2) is 76.5 Å². The molecule has 0 aromatic rings. The number of ether oxygens (including phenoxy) is 6. The number of rotatable bonds is 25. The normalized spacial score (nSPS) is 12.2. The molecule has 0 aliphatic carbocycles. The molecule has 3 atom stereocenters. The molecule has 0 amide bonds. The second kappa shape index (κ2) is 44.3. The Hall–Kier alpha value is -3.18. The molecule has 0 aliphatic rings. The van der Waals surface area contributed by atoms with Crippen LogP contribution in [0.5, 0.6) is 0 Å². The largest absolute Gasteiger partial charge is 0.469 e. The molecule has 0 heterocycles. The molecule has 0 aromatic carbocycles.